The van der Waals surface area contributed by atoms with Crippen molar-refractivity contribution >= 4 is 11.6 Å². The van der Waals surface area contributed by atoms with Crippen molar-refractivity contribution in [2.45, 2.75) is 27.3 Å². The zero-order valence-electron chi connectivity index (χ0n) is 9.40. The highest BCUT2D eigenvalue weighted by Crippen LogP contribution is 2.15. The molecule has 0 saturated carbocycles. The second-order valence-electron chi connectivity index (χ2n) is 3.70. The molecule has 0 unspecified atom stereocenters. The SMILES string of the molecule is CC(=O)Cn1c(C)cc(O)c(C(C)=O)c1=O. The van der Waals surface area contributed by atoms with Crippen molar-refractivity contribution in [3.63, 3.8) is 0 Å². The van der Waals surface area contributed by atoms with Crippen LogP contribution in [0, 0.1) is 6.92 Å². The lowest BCUT2D eigenvalue weighted by Gasteiger charge is -2.10. The van der Waals surface area contributed by atoms with Crippen LogP contribution in [0.1, 0.15) is 29.9 Å². The third-order valence-electron chi connectivity index (χ3n) is 2.22. The molecular formula is C11H13NO4. The van der Waals surface area contributed by atoms with Gasteiger partial charge in [0.1, 0.15) is 17.1 Å². The van der Waals surface area contributed by atoms with Crippen molar-refractivity contribution in [1.29, 1.82) is 0 Å². The number of nitrogens with zero attached hydrogens (tertiary/aromatic N) is 1. The second kappa shape index (κ2) is 4.30. The number of pyridine rings is 1. The summed E-state index contributed by atoms with van der Waals surface area (Å²) in [6.45, 7) is 4.05. The first-order valence-corrected chi connectivity index (χ1v) is 4.78. The highest BCUT2D eigenvalue weighted by atomic mass is 16.3. The van der Waals surface area contributed by atoms with Crippen LogP contribution in [0.2, 0.25) is 0 Å². The molecule has 1 heterocycles. The van der Waals surface area contributed by atoms with Crippen LogP contribution in [0.3, 0.4) is 0 Å². The van der Waals surface area contributed by atoms with E-state index in [1.54, 1.807) is 6.92 Å². The first kappa shape index (κ1) is 12.2. The van der Waals surface area contributed by atoms with Crippen LogP contribution < -0.4 is 5.56 Å². The number of rotatable bonds is 3. The minimum Gasteiger partial charge on any atom is -0.507 e. The highest BCUT2D eigenvalue weighted by Gasteiger charge is 2.16. The van der Waals surface area contributed by atoms with Gasteiger partial charge in [0.05, 0.1) is 6.54 Å². The van der Waals surface area contributed by atoms with Gasteiger partial charge in [-0.2, -0.15) is 0 Å². The summed E-state index contributed by atoms with van der Waals surface area (Å²) >= 11 is 0. The van der Waals surface area contributed by atoms with Crippen molar-refractivity contribution < 1.29 is 14.7 Å². The number of hydrogen-bond donors (Lipinski definition) is 1. The Morgan fingerprint density at radius 3 is 2.38 bits per heavy atom. The number of hydrogen-bond acceptors (Lipinski definition) is 4. The summed E-state index contributed by atoms with van der Waals surface area (Å²) in [5.41, 5.74) is -0.449. The van der Waals surface area contributed by atoms with Gasteiger partial charge < -0.3 is 9.67 Å². The Bertz CT molecular complexity index is 513. The number of Topliss-reactive ketones (excluding diaryl/α,β-unsaturated/α-hetero) is 2. The zero-order valence-corrected chi connectivity index (χ0v) is 9.40. The van der Waals surface area contributed by atoms with E-state index in [1.807, 2.05) is 0 Å². The first-order valence-electron chi connectivity index (χ1n) is 4.78. The number of aryl methyl sites for hydroxylation is 1. The number of carbonyl (C=O) groups is 2. The number of ketones is 2. The molecule has 1 aromatic heterocycles. The van der Waals surface area contributed by atoms with Crippen LogP contribution in [0.25, 0.3) is 0 Å². The van der Waals surface area contributed by atoms with Crippen LogP contribution in [0.15, 0.2) is 10.9 Å². The number of aromatic hydroxyl groups is 1. The Labute approximate surface area is 92.3 Å². The Kier molecular flexibility index (Phi) is 3.27. The van der Waals surface area contributed by atoms with Crippen LogP contribution in [-0.4, -0.2) is 21.2 Å². The van der Waals surface area contributed by atoms with E-state index in [0.717, 1.165) is 0 Å². The molecule has 0 fully saturated rings. The lowest BCUT2D eigenvalue weighted by atomic mass is 10.1. The monoisotopic (exact) mass is 223 g/mol. The quantitative estimate of drug-likeness (QED) is 0.763. The molecule has 0 saturated heterocycles. The molecule has 0 bridgehead atoms. The van der Waals surface area contributed by atoms with Crippen LogP contribution in [0.4, 0.5) is 0 Å². The van der Waals surface area contributed by atoms with Crippen molar-refractivity contribution in [3.05, 3.63) is 27.7 Å². The van der Waals surface area contributed by atoms with Crippen LogP contribution in [0.5, 0.6) is 5.75 Å². The maximum absolute atomic E-state index is 11.8. The highest BCUT2D eigenvalue weighted by molar-refractivity contribution is 5.96. The third kappa shape index (κ3) is 2.18. The molecule has 0 aromatic carbocycles. The van der Waals surface area contributed by atoms with Gasteiger partial charge in [0.2, 0.25) is 0 Å². The maximum Gasteiger partial charge on any atom is 0.265 e. The van der Waals surface area contributed by atoms with E-state index < -0.39 is 11.3 Å². The smallest absolute Gasteiger partial charge is 0.265 e. The molecular weight excluding hydrogens is 210 g/mol. The largest absolute Gasteiger partial charge is 0.507 e. The fourth-order valence-electron chi connectivity index (χ4n) is 1.50. The Balaban J connectivity index is 3.51. The normalized spacial score (nSPS) is 10.2. The first-order chi connectivity index (χ1) is 7.34. The molecule has 0 spiro atoms. The van der Waals surface area contributed by atoms with Crippen molar-refractivity contribution in [2.75, 3.05) is 0 Å². The van der Waals surface area contributed by atoms with E-state index >= 15 is 0 Å². The van der Waals surface area contributed by atoms with E-state index in [-0.39, 0.29) is 23.6 Å². The average Bonchev–Trinajstić information content (AvgIpc) is 2.10. The third-order valence-corrected chi connectivity index (χ3v) is 2.22. The van der Waals surface area contributed by atoms with E-state index in [9.17, 15) is 19.5 Å². The zero-order chi connectivity index (χ0) is 12.5. The molecule has 0 aliphatic rings. The summed E-state index contributed by atoms with van der Waals surface area (Å²) in [4.78, 5) is 34.0. The van der Waals surface area contributed by atoms with Gasteiger partial charge in [0.15, 0.2) is 5.78 Å². The Hall–Kier alpha value is -1.91. The molecule has 1 rings (SSSR count). The molecule has 1 N–H and O–H groups in total. The standard InChI is InChI=1S/C11H13NO4/c1-6-4-9(15)10(8(3)14)11(16)12(6)5-7(2)13/h4,15H,5H2,1-3H3. The molecule has 5 heteroatoms. The lowest BCUT2D eigenvalue weighted by Crippen LogP contribution is -2.29. The van der Waals surface area contributed by atoms with Crippen molar-refractivity contribution in [3.8, 4) is 5.75 Å². The average molecular weight is 223 g/mol. The maximum atomic E-state index is 11.8. The molecule has 0 aliphatic carbocycles. The summed E-state index contributed by atoms with van der Waals surface area (Å²) in [5.74, 6) is -1.04. The fourth-order valence-corrected chi connectivity index (χ4v) is 1.50. The second-order valence-corrected chi connectivity index (χ2v) is 3.70. The van der Waals surface area contributed by atoms with Crippen LogP contribution in [-0.2, 0) is 11.3 Å². The van der Waals surface area contributed by atoms with Gasteiger partial charge in [0.25, 0.3) is 5.56 Å². The van der Waals surface area contributed by atoms with Gasteiger partial charge in [-0.15, -0.1) is 0 Å². The van der Waals surface area contributed by atoms with Gasteiger partial charge in [-0.05, 0) is 20.8 Å². The molecule has 0 aliphatic heterocycles. The van der Waals surface area contributed by atoms with Gasteiger partial charge in [0, 0.05) is 11.8 Å². The van der Waals surface area contributed by atoms with Crippen LogP contribution >= 0.6 is 0 Å². The predicted octanol–water partition coefficient (Wildman–Crippen LogP) is 0.654. The summed E-state index contributed by atoms with van der Waals surface area (Å²) in [7, 11) is 0. The van der Waals surface area contributed by atoms with Gasteiger partial charge in [-0.1, -0.05) is 0 Å². The topological polar surface area (TPSA) is 76.4 Å². The minimum absolute atomic E-state index is 0.0920. The number of aromatic nitrogens is 1. The summed E-state index contributed by atoms with van der Waals surface area (Å²) in [6.07, 6.45) is 0. The summed E-state index contributed by atoms with van der Waals surface area (Å²) < 4.78 is 1.18. The molecule has 86 valence electrons. The predicted molar refractivity (Wildman–Crippen MR) is 57.8 cm³/mol. The van der Waals surface area contributed by atoms with Crippen molar-refractivity contribution in [2.24, 2.45) is 0 Å². The van der Waals surface area contributed by atoms with E-state index in [2.05, 4.69) is 0 Å². The number of carbonyl (C=O) groups excluding carboxylic acids is 2. The van der Waals surface area contributed by atoms with Crippen molar-refractivity contribution in [1.82, 2.24) is 4.57 Å². The molecule has 1 aromatic rings. The lowest BCUT2D eigenvalue weighted by molar-refractivity contribution is -0.117. The summed E-state index contributed by atoms with van der Waals surface area (Å²) in [5, 5.41) is 9.48. The summed E-state index contributed by atoms with van der Waals surface area (Å²) in [6, 6.07) is 1.31. The van der Waals surface area contributed by atoms with Gasteiger partial charge >= 0.3 is 0 Å². The molecule has 0 radical (unpaired) electrons. The Morgan fingerprint density at radius 1 is 1.38 bits per heavy atom. The van der Waals surface area contributed by atoms with E-state index in [1.165, 1.54) is 24.5 Å². The van der Waals surface area contributed by atoms with Gasteiger partial charge in [-0.25, -0.2) is 0 Å². The fraction of sp³-hybridized carbons (Fsp3) is 0.364. The van der Waals surface area contributed by atoms with E-state index in [4.69, 9.17) is 0 Å². The van der Waals surface area contributed by atoms with E-state index in [0.29, 0.717) is 5.69 Å². The Morgan fingerprint density at radius 2 is 1.94 bits per heavy atom. The molecule has 0 amide bonds. The molecule has 0 atom stereocenters. The van der Waals surface area contributed by atoms with Gasteiger partial charge in [-0.3, -0.25) is 14.4 Å². The minimum atomic E-state index is -0.625. The molecule has 5 nitrogen and oxygen atoms in total. The molecule has 16 heavy (non-hydrogen) atoms.